The van der Waals surface area contributed by atoms with Crippen molar-refractivity contribution in [3.8, 4) is 11.5 Å². The van der Waals surface area contributed by atoms with Crippen molar-refractivity contribution in [3.05, 3.63) is 124 Å². The number of rotatable bonds is 3. The Labute approximate surface area is 218 Å². The summed E-state index contributed by atoms with van der Waals surface area (Å²) >= 11 is 0. The summed E-state index contributed by atoms with van der Waals surface area (Å²) in [6.07, 6.45) is 9.30. The van der Waals surface area contributed by atoms with Gasteiger partial charge in [0.15, 0.2) is 5.60 Å². The van der Waals surface area contributed by atoms with Gasteiger partial charge in [0.05, 0.1) is 7.11 Å². The molecule has 0 amide bonds. The van der Waals surface area contributed by atoms with Gasteiger partial charge in [-0.25, -0.2) is 0 Å². The van der Waals surface area contributed by atoms with Gasteiger partial charge in [-0.1, -0.05) is 78.4 Å². The molecule has 1 unspecified atom stereocenters. The van der Waals surface area contributed by atoms with Crippen molar-refractivity contribution in [1.82, 2.24) is 0 Å². The molecule has 0 aromatic heterocycles. The van der Waals surface area contributed by atoms with Crippen molar-refractivity contribution >= 4 is 27.6 Å². The van der Waals surface area contributed by atoms with Gasteiger partial charge in [-0.05, 0) is 84.2 Å². The largest absolute Gasteiger partial charge is 0.497 e. The Morgan fingerprint density at radius 3 is 2.19 bits per heavy atom. The predicted octanol–water partition coefficient (Wildman–Crippen LogP) is 8.54. The molecule has 1 heterocycles. The minimum Gasteiger partial charge on any atom is -0.497 e. The third-order valence-corrected chi connectivity index (χ3v) is 8.26. The molecule has 0 spiro atoms. The van der Waals surface area contributed by atoms with Crippen LogP contribution in [0.25, 0.3) is 27.6 Å². The first-order valence-electron chi connectivity index (χ1n) is 13.3. The van der Waals surface area contributed by atoms with Gasteiger partial charge in [-0.15, -0.1) is 0 Å². The smallest absolute Gasteiger partial charge is 0.178 e. The summed E-state index contributed by atoms with van der Waals surface area (Å²) in [6, 6.07) is 30.4. The van der Waals surface area contributed by atoms with Crippen LogP contribution < -0.4 is 9.47 Å². The molecule has 7 rings (SSSR count). The molecule has 0 fully saturated rings. The van der Waals surface area contributed by atoms with E-state index in [0.29, 0.717) is 0 Å². The maximum Gasteiger partial charge on any atom is 0.178 e. The highest BCUT2D eigenvalue weighted by Crippen LogP contribution is 2.50. The van der Waals surface area contributed by atoms with Gasteiger partial charge in [0, 0.05) is 22.1 Å². The van der Waals surface area contributed by atoms with E-state index >= 15 is 0 Å². The van der Waals surface area contributed by atoms with Crippen LogP contribution in [-0.2, 0) is 18.4 Å². The first kappa shape index (κ1) is 22.2. The predicted molar refractivity (Wildman–Crippen MR) is 153 cm³/mol. The van der Waals surface area contributed by atoms with Crippen LogP contribution in [0.1, 0.15) is 46.2 Å². The highest BCUT2D eigenvalue weighted by Gasteiger charge is 2.39. The Hall–Kier alpha value is -4.04. The number of benzene rings is 5. The number of ether oxygens (including phenoxy) is 2. The third kappa shape index (κ3) is 3.39. The fourth-order valence-electron chi connectivity index (χ4n) is 6.35. The minimum absolute atomic E-state index is 0.728. The van der Waals surface area contributed by atoms with Gasteiger partial charge in [-0.2, -0.15) is 0 Å². The molecule has 1 atom stereocenters. The van der Waals surface area contributed by atoms with E-state index in [2.05, 4.69) is 91.9 Å². The van der Waals surface area contributed by atoms with Crippen LogP contribution in [0.4, 0.5) is 0 Å². The molecule has 5 aromatic carbocycles. The minimum atomic E-state index is -0.728. The molecular formula is C35H30O2. The number of methoxy groups -OCH3 is 1. The lowest BCUT2D eigenvalue weighted by atomic mass is 9.78. The second kappa shape index (κ2) is 8.52. The van der Waals surface area contributed by atoms with Crippen LogP contribution in [0, 0.1) is 6.92 Å². The molecule has 0 saturated carbocycles. The van der Waals surface area contributed by atoms with Crippen molar-refractivity contribution < 1.29 is 9.47 Å². The van der Waals surface area contributed by atoms with Crippen molar-refractivity contribution in [2.45, 2.75) is 38.2 Å². The lowest BCUT2D eigenvalue weighted by Crippen LogP contribution is -2.34. The first-order valence-corrected chi connectivity index (χ1v) is 13.3. The van der Waals surface area contributed by atoms with E-state index in [1.165, 1.54) is 56.6 Å². The van der Waals surface area contributed by atoms with Crippen molar-refractivity contribution in [1.29, 1.82) is 0 Å². The van der Waals surface area contributed by atoms with Crippen LogP contribution in [-0.4, -0.2) is 7.11 Å². The molecule has 0 bridgehead atoms. The van der Waals surface area contributed by atoms with E-state index in [9.17, 15) is 0 Å². The molecule has 182 valence electrons. The van der Waals surface area contributed by atoms with Crippen LogP contribution in [0.5, 0.6) is 11.5 Å². The Bertz CT molecular complexity index is 1680. The number of hydrogen-bond acceptors (Lipinski definition) is 2. The molecule has 0 radical (unpaired) electrons. The fourth-order valence-corrected chi connectivity index (χ4v) is 6.35. The van der Waals surface area contributed by atoms with Gasteiger partial charge in [0.25, 0.3) is 0 Å². The molecule has 2 nitrogen and oxygen atoms in total. The van der Waals surface area contributed by atoms with Gasteiger partial charge in [0.1, 0.15) is 11.5 Å². The van der Waals surface area contributed by atoms with Gasteiger partial charge in [0.2, 0.25) is 0 Å². The first-order chi connectivity index (χ1) is 18.2. The monoisotopic (exact) mass is 482 g/mol. The normalized spacial score (nSPS) is 18.3. The summed E-state index contributed by atoms with van der Waals surface area (Å²) in [5, 5.41) is 5.19. The van der Waals surface area contributed by atoms with E-state index in [4.69, 9.17) is 9.47 Å². The zero-order valence-electron chi connectivity index (χ0n) is 21.4. The zero-order chi connectivity index (χ0) is 25.0. The van der Waals surface area contributed by atoms with Crippen LogP contribution >= 0.6 is 0 Å². The number of fused-ring (bicyclic) bond motifs is 8. The Kier molecular flexibility index (Phi) is 5.11. The number of aryl methyl sites for hydroxylation is 2. The molecule has 5 aromatic rings. The van der Waals surface area contributed by atoms with Crippen LogP contribution in [0.2, 0.25) is 0 Å². The molecule has 1 aliphatic heterocycles. The molecule has 0 saturated heterocycles. The van der Waals surface area contributed by atoms with Crippen LogP contribution in [0.3, 0.4) is 0 Å². The Balaban J connectivity index is 1.53. The van der Waals surface area contributed by atoms with E-state index in [0.717, 1.165) is 35.5 Å². The number of hydrogen-bond donors (Lipinski definition) is 0. The third-order valence-electron chi connectivity index (χ3n) is 8.26. The van der Waals surface area contributed by atoms with E-state index in [1.54, 1.807) is 7.11 Å². The lowest BCUT2D eigenvalue weighted by molar-refractivity contribution is 0.163. The Morgan fingerprint density at radius 1 is 0.730 bits per heavy atom. The summed E-state index contributed by atoms with van der Waals surface area (Å²) in [4.78, 5) is 0. The maximum atomic E-state index is 7.31. The lowest BCUT2D eigenvalue weighted by Gasteiger charge is -2.38. The summed E-state index contributed by atoms with van der Waals surface area (Å²) in [6.45, 7) is 2.13. The second-order valence-corrected chi connectivity index (χ2v) is 10.4. The van der Waals surface area contributed by atoms with Crippen LogP contribution in [0.15, 0.2) is 91.0 Å². The molecule has 37 heavy (non-hydrogen) atoms. The van der Waals surface area contributed by atoms with Gasteiger partial charge < -0.3 is 9.47 Å². The van der Waals surface area contributed by atoms with E-state index < -0.39 is 5.60 Å². The standard InChI is InChI=1S/C35H30O2/c1-23-11-14-25(15-12-23)35(26-16-18-27(36-2)19-17-26)22-21-31-29-9-5-6-10-30(29)33-28-8-4-3-7-24(28)13-20-32(33)34(31)37-35/h3-4,7-8,11-22H,5-6,9-10H2,1-2H3. The van der Waals surface area contributed by atoms with Crippen molar-refractivity contribution in [3.63, 3.8) is 0 Å². The van der Waals surface area contributed by atoms with Crippen molar-refractivity contribution in [2.24, 2.45) is 0 Å². The van der Waals surface area contributed by atoms with Gasteiger partial charge in [-0.3, -0.25) is 0 Å². The topological polar surface area (TPSA) is 18.5 Å². The summed E-state index contributed by atoms with van der Waals surface area (Å²) in [5.74, 6) is 1.84. The summed E-state index contributed by atoms with van der Waals surface area (Å²) in [5.41, 5.74) is 6.95. The van der Waals surface area contributed by atoms with Crippen molar-refractivity contribution in [2.75, 3.05) is 7.11 Å². The second-order valence-electron chi connectivity index (χ2n) is 10.4. The fraction of sp³-hybridized carbons (Fsp3) is 0.200. The molecular weight excluding hydrogens is 452 g/mol. The molecule has 2 heteroatoms. The van der Waals surface area contributed by atoms with E-state index in [1.807, 2.05) is 12.1 Å². The van der Waals surface area contributed by atoms with Gasteiger partial charge >= 0.3 is 0 Å². The SMILES string of the molecule is COc1ccc(C2(c3ccc(C)cc3)C=Cc3c4c(c5c(ccc6ccccc65)c3O2)CCCC4)cc1. The highest BCUT2D eigenvalue weighted by atomic mass is 16.5. The zero-order valence-corrected chi connectivity index (χ0v) is 21.4. The molecule has 1 aliphatic carbocycles. The maximum absolute atomic E-state index is 7.31. The average molecular weight is 483 g/mol. The molecule has 2 aliphatic rings. The summed E-state index contributed by atoms with van der Waals surface area (Å²) in [7, 11) is 1.71. The van der Waals surface area contributed by atoms with E-state index in [-0.39, 0.29) is 0 Å². The average Bonchev–Trinajstić information content (AvgIpc) is 2.97. The highest BCUT2D eigenvalue weighted by molar-refractivity contribution is 6.13. The summed E-state index contributed by atoms with van der Waals surface area (Å²) < 4.78 is 12.8. The quantitative estimate of drug-likeness (QED) is 0.240. The Morgan fingerprint density at radius 2 is 1.43 bits per heavy atom. The molecule has 0 N–H and O–H groups in total.